The molecule has 0 unspecified atom stereocenters. The van der Waals surface area contributed by atoms with Gasteiger partial charge in [0, 0.05) is 6.08 Å². The van der Waals surface area contributed by atoms with E-state index in [1.54, 1.807) is 55.7 Å². The zero-order valence-electron chi connectivity index (χ0n) is 23.1. The topological polar surface area (TPSA) is 72.9 Å². The number of sulfonamides is 1. The molecule has 3 aromatic rings. The summed E-state index contributed by atoms with van der Waals surface area (Å²) in [5.74, 6) is 0.515. The number of methoxy groups -OCH3 is 1. The largest absolute Gasteiger partial charge is 0.493 e. The lowest BCUT2D eigenvalue weighted by atomic mass is 10.1. The van der Waals surface area contributed by atoms with Crippen LogP contribution >= 0.6 is 0 Å². The number of carbonyl (C=O) groups is 1. The molecule has 208 valence electrons. The van der Waals surface area contributed by atoms with Crippen molar-refractivity contribution in [3.05, 3.63) is 90.0 Å². The Balaban J connectivity index is 1.85. The van der Waals surface area contributed by atoms with Crippen LogP contribution < -0.4 is 13.8 Å². The smallest absolute Gasteiger partial charge is 0.271 e. The van der Waals surface area contributed by atoms with Crippen molar-refractivity contribution in [3.8, 4) is 11.5 Å². The molecular formula is C32H39NO5S. The highest BCUT2D eigenvalue weighted by atomic mass is 32.2. The van der Waals surface area contributed by atoms with E-state index in [-0.39, 0.29) is 10.6 Å². The molecule has 0 aliphatic carbocycles. The molecule has 0 aliphatic rings. The van der Waals surface area contributed by atoms with E-state index in [1.165, 1.54) is 24.6 Å². The fourth-order valence-corrected chi connectivity index (χ4v) is 5.52. The van der Waals surface area contributed by atoms with E-state index >= 15 is 0 Å². The molecule has 0 saturated carbocycles. The number of nitrogens with zero attached hydrogens (tertiary/aromatic N) is 1. The first-order chi connectivity index (χ1) is 18.9. The number of carbonyl (C=O) groups excluding carboxylic acids is 1. The van der Waals surface area contributed by atoms with Crippen LogP contribution in [0.5, 0.6) is 11.5 Å². The highest BCUT2D eigenvalue weighted by Gasteiger charge is 2.29. The van der Waals surface area contributed by atoms with Crippen molar-refractivity contribution < 1.29 is 22.7 Å². The van der Waals surface area contributed by atoms with Crippen molar-refractivity contribution in [1.82, 2.24) is 0 Å². The number of rotatable bonds is 15. The highest BCUT2D eigenvalue weighted by molar-refractivity contribution is 7.93. The summed E-state index contributed by atoms with van der Waals surface area (Å²) in [6, 6.07) is 20.5. The molecule has 0 bridgehead atoms. The van der Waals surface area contributed by atoms with Crippen molar-refractivity contribution in [2.24, 2.45) is 0 Å². The lowest BCUT2D eigenvalue weighted by Gasteiger charge is -2.21. The van der Waals surface area contributed by atoms with Crippen molar-refractivity contribution in [1.29, 1.82) is 0 Å². The highest BCUT2D eigenvalue weighted by Crippen LogP contribution is 2.30. The average molecular weight is 550 g/mol. The molecule has 0 spiro atoms. The Morgan fingerprint density at radius 2 is 1.56 bits per heavy atom. The molecule has 0 saturated heterocycles. The van der Waals surface area contributed by atoms with Gasteiger partial charge in [-0.1, -0.05) is 75.9 Å². The molecule has 0 heterocycles. The number of amides is 1. The van der Waals surface area contributed by atoms with E-state index in [0.29, 0.717) is 23.7 Å². The Morgan fingerprint density at radius 1 is 0.846 bits per heavy atom. The second-order valence-corrected chi connectivity index (χ2v) is 11.1. The van der Waals surface area contributed by atoms with Gasteiger partial charge in [-0.05, 0) is 72.9 Å². The Morgan fingerprint density at radius 3 is 2.23 bits per heavy atom. The summed E-state index contributed by atoms with van der Waals surface area (Å²) in [6.45, 7) is 4.90. The minimum absolute atomic E-state index is 0.0453. The number of anilines is 1. The number of aryl methyl sites for hydroxylation is 1. The molecular weight excluding hydrogens is 510 g/mol. The van der Waals surface area contributed by atoms with E-state index in [4.69, 9.17) is 9.47 Å². The van der Waals surface area contributed by atoms with Crippen LogP contribution in [0.25, 0.3) is 6.08 Å². The Bertz CT molecular complexity index is 1320. The van der Waals surface area contributed by atoms with Gasteiger partial charge in [0.05, 0.1) is 24.3 Å². The monoisotopic (exact) mass is 549 g/mol. The van der Waals surface area contributed by atoms with Crippen LogP contribution in [0.2, 0.25) is 0 Å². The third kappa shape index (κ3) is 8.45. The molecule has 0 aromatic heterocycles. The van der Waals surface area contributed by atoms with Crippen molar-refractivity contribution in [2.45, 2.75) is 63.7 Å². The van der Waals surface area contributed by atoms with Crippen molar-refractivity contribution >= 4 is 27.7 Å². The predicted molar refractivity (Wildman–Crippen MR) is 158 cm³/mol. The van der Waals surface area contributed by atoms with Crippen LogP contribution in [0.15, 0.2) is 83.8 Å². The van der Waals surface area contributed by atoms with Gasteiger partial charge < -0.3 is 9.47 Å². The van der Waals surface area contributed by atoms with Gasteiger partial charge in [-0.25, -0.2) is 8.42 Å². The first-order valence-electron chi connectivity index (χ1n) is 13.6. The molecule has 0 atom stereocenters. The maximum Gasteiger partial charge on any atom is 0.271 e. The quantitative estimate of drug-likeness (QED) is 0.146. The number of benzene rings is 3. The molecule has 7 heteroatoms. The standard InChI is InChI=1S/C32H39NO5S/c1-4-6-8-12-24-38-30-22-18-27(25-31(30)37-3)19-23-32(34)33(39(35,36)29-14-10-9-11-15-29)28-20-16-26(17-21-28)13-7-5-2/h9-11,14-23,25H,4-8,12-13,24H2,1-3H3/b23-19+. The molecule has 39 heavy (non-hydrogen) atoms. The van der Waals surface area contributed by atoms with Gasteiger partial charge in [0.2, 0.25) is 0 Å². The molecule has 1 amide bonds. The zero-order chi connectivity index (χ0) is 28.1. The fourth-order valence-electron chi connectivity index (χ4n) is 4.11. The normalized spacial score (nSPS) is 11.5. The van der Waals surface area contributed by atoms with E-state index in [1.807, 2.05) is 18.2 Å². The number of hydrogen-bond acceptors (Lipinski definition) is 5. The van der Waals surface area contributed by atoms with Crippen molar-refractivity contribution in [3.63, 3.8) is 0 Å². The molecule has 0 N–H and O–H groups in total. The maximum atomic E-state index is 13.6. The van der Waals surface area contributed by atoms with Crippen LogP contribution in [0.4, 0.5) is 5.69 Å². The summed E-state index contributed by atoms with van der Waals surface area (Å²) in [4.78, 5) is 13.5. The number of unbranched alkanes of at least 4 members (excludes halogenated alkanes) is 4. The molecule has 3 aromatic carbocycles. The Labute approximate surface area is 233 Å². The van der Waals surface area contributed by atoms with Gasteiger partial charge in [0.15, 0.2) is 11.5 Å². The van der Waals surface area contributed by atoms with Gasteiger partial charge >= 0.3 is 0 Å². The lowest BCUT2D eigenvalue weighted by molar-refractivity contribution is -0.113. The third-order valence-electron chi connectivity index (χ3n) is 6.33. The summed E-state index contributed by atoms with van der Waals surface area (Å²) in [5, 5.41) is 0. The van der Waals surface area contributed by atoms with Gasteiger partial charge in [0.1, 0.15) is 0 Å². The zero-order valence-corrected chi connectivity index (χ0v) is 24.0. The van der Waals surface area contributed by atoms with Crippen LogP contribution in [-0.4, -0.2) is 28.0 Å². The van der Waals surface area contributed by atoms with Crippen LogP contribution in [0, 0.1) is 0 Å². The van der Waals surface area contributed by atoms with E-state index in [0.717, 1.165) is 48.4 Å². The minimum Gasteiger partial charge on any atom is -0.493 e. The minimum atomic E-state index is -4.14. The summed E-state index contributed by atoms with van der Waals surface area (Å²) in [5.41, 5.74) is 2.07. The summed E-state index contributed by atoms with van der Waals surface area (Å²) in [7, 11) is -2.57. The van der Waals surface area contributed by atoms with Crippen LogP contribution in [0.1, 0.15) is 63.5 Å². The van der Waals surface area contributed by atoms with Gasteiger partial charge in [0.25, 0.3) is 15.9 Å². The molecule has 3 rings (SSSR count). The predicted octanol–water partition coefficient (Wildman–Crippen LogP) is 7.43. The van der Waals surface area contributed by atoms with E-state index in [2.05, 4.69) is 13.8 Å². The van der Waals surface area contributed by atoms with Crippen LogP contribution in [-0.2, 0) is 21.2 Å². The maximum absolute atomic E-state index is 13.6. The molecule has 0 fully saturated rings. The van der Waals surface area contributed by atoms with Crippen LogP contribution in [0.3, 0.4) is 0 Å². The molecule has 0 radical (unpaired) electrons. The van der Waals surface area contributed by atoms with Gasteiger partial charge in [-0.3, -0.25) is 4.79 Å². The third-order valence-corrected chi connectivity index (χ3v) is 8.07. The summed E-state index contributed by atoms with van der Waals surface area (Å²) >= 11 is 0. The second kappa shape index (κ2) is 15.1. The fraction of sp³-hybridized carbons (Fsp3) is 0.344. The van der Waals surface area contributed by atoms with E-state index in [9.17, 15) is 13.2 Å². The molecule has 0 aliphatic heterocycles. The first kappa shape index (κ1) is 30.0. The summed E-state index contributed by atoms with van der Waals surface area (Å²) in [6.07, 6.45) is 10.3. The number of ether oxygens (including phenoxy) is 2. The first-order valence-corrected chi connectivity index (χ1v) is 15.1. The Hall–Kier alpha value is -3.58. The molecule has 6 nitrogen and oxygen atoms in total. The Kier molecular flexibility index (Phi) is 11.6. The lowest BCUT2D eigenvalue weighted by Crippen LogP contribution is -2.35. The van der Waals surface area contributed by atoms with Gasteiger partial charge in [-0.2, -0.15) is 4.31 Å². The summed E-state index contributed by atoms with van der Waals surface area (Å²) < 4.78 is 39.4. The van der Waals surface area contributed by atoms with Crippen molar-refractivity contribution in [2.75, 3.05) is 18.0 Å². The SMILES string of the molecule is CCCCCCOc1ccc(/C=C/C(=O)N(c2ccc(CCCC)cc2)S(=O)(=O)c2ccccc2)cc1OC. The number of hydrogen-bond donors (Lipinski definition) is 0. The average Bonchev–Trinajstić information content (AvgIpc) is 2.96. The van der Waals surface area contributed by atoms with E-state index < -0.39 is 15.9 Å². The van der Waals surface area contributed by atoms with Gasteiger partial charge in [-0.15, -0.1) is 0 Å². The second-order valence-electron chi connectivity index (χ2n) is 9.34.